The van der Waals surface area contributed by atoms with Crippen LogP contribution in [-0.2, 0) is 4.79 Å². The fraction of sp³-hybridized carbons (Fsp3) is 0.0909. The van der Waals surface area contributed by atoms with E-state index < -0.39 is 28.8 Å². The van der Waals surface area contributed by atoms with Crippen molar-refractivity contribution >= 4 is 17.6 Å². The number of nitrogens with two attached hydrogens (primary N) is 1. The number of primary amides is 1. The number of carbonyl (C=O) groups is 2. The SMILES string of the molecule is NC(=O)C1=C(O)NC(=O)NC1c1cccc([N+](=O)[O-])c1. The number of nitrogens with zero attached hydrogens (tertiary/aromatic N) is 1. The lowest BCUT2D eigenvalue weighted by Gasteiger charge is -2.25. The molecule has 0 aromatic heterocycles. The summed E-state index contributed by atoms with van der Waals surface area (Å²) in [6.45, 7) is 0. The first-order valence-corrected chi connectivity index (χ1v) is 5.45. The van der Waals surface area contributed by atoms with Gasteiger partial charge in [-0.1, -0.05) is 12.1 Å². The minimum Gasteiger partial charge on any atom is -0.494 e. The maximum Gasteiger partial charge on any atom is 0.322 e. The van der Waals surface area contributed by atoms with E-state index in [1.54, 1.807) is 0 Å². The lowest BCUT2D eigenvalue weighted by atomic mass is 9.96. The molecule has 20 heavy (non-hydrogen) atoms. The van der Waals surface area contributed by atoms with Crippen LogP contribution in [0.25, 0.3) is 0 Å². The van der Waals surface area contributed by atoms with E-state index in [0.29, 0.717) is 0 Å². The number of hydrogen-bond acceptors (Lipinski definition) is 5. The van der Waals surface area contributed by atoms with Crippen LogP contribution in [0.5, 0.6) is 0 Å². The van der Waals surface area contributed by atoms with Gasteiger partial charge in [0.05, 0.1) is 11.0 Å². The second-order valence-electron chi connectivity index (χ2n) is 4.01. The number of carbonyl (C=O) groups excluding carboxylic acids is 2. The molecule has 1 aliphatic heterocycles. The van der Waals surface area contributed by atoms with E-state index in [4.69, 9.17) is 5.73 Å². The van der Waals surface area contributed by atoms with Crippen LogP contribution in [0.2, 0.25) is 0 Å². The Morgan fingerprint density at radius 3 is 2.75 bits per heavy atom. The molecule has 2 rings (SSSR count). The minimum atomic E-state index is -1.05. The molecule has 0 aliphatic carbocycles. The van der Waals surface area contributed by atoms with Crippen molar-refractivity contribution in [3.63, 3.8) is 0 Å². The molecular formula is C11H10N4O5. The second-order valence-corrected chi connectivity index (χ2v) is 4.01. The first kappa shape index (κ1) is 13.3. The lowest BCUT2D eigenvalue weighted by Crippen LogP contribution is -2.46. The average Bonchev–Trinajstić information content (AvgIpc) is 2.37. The summed E-state index contributed by atoms with van der Waals surface area (Å²) in [5.41, 5.74) is 4.92. The Kier molecular flexibility index (Phi) is 3.25. The topological polar surface area (TPSA) is 148 Å². The van der Waals surface area contributed by atoms with Gasteiger partial charge in [-0.2, -0.15) is 0 Å². The van der Waals surface area contributed by atoms with Gasteiger partial charge < -0.3 is 16.2 Å². The molecule has 0 fully saturated rings. The Morgan fingerprint density at radius 2 is 2.15 bits per heavy atom. The summed E-state index contributed by atoms with van der Waals surface area (Å²) in [4.78, 5) is 32.8. The minimum absolute atomic E-state index is 0.210. The van der Waals surface area contributed by atoms with Gasteiger partial charge in [0.25, 0.3) is 11.6 Å². The normalized spacial score (nSPS) is 18.2. The number of urea groups is 1. The molecule has 5 N–H and O–H groups in total. The van der Waals surface area contributed by atoms with Crippen LogP contribution >= 0.6 is 0 Å². The van der Waals surface area contributed by atoms with Gasteiger partial charge in [-0.3, -0.25) is 20.2 Å². The molecule has 9 nitrogen and oxygen atoms in total. The molecule has 1 atom stereocenters. The van der Waals surface area contributed by atoms with Crippen molar-refractivity contribution in [2.75, 3.05) is 0 Å². The number of nitro groups is 1. The van der Waals surface area contributed by atoms with E-state index in [2.05, 4.69) is 5.32 Å². The maximum absolute atomic E-state index is 11.4. The number of benzene rings is 1. The van der Waals surface area contributed by atoms with Gasteiger partial charge in [0.2, 0.25) is 5.88 Å². The van der Waals surface area contributed by atoms with Crippen LogP contribution < -0.4 is 16.4 Å². The number of non-ortho nitro benzene ring substituents is 1. The highest BCUT2D eigenvalue weighted by molar-refractivity contribution is 5.97. The fourth-order valence-corrected chi connectivity index (χ4v) is 1.88. The molecule has 1 aromatic carbocycles. The third kappa shape index (κ3) is 2.36. The van der Waals surface area contributed by atoms with E-state index in [9.17, 15) is 24.8 Å². The highest BCUT2D eigenvalue weighted by atomic mass is 16.6. The molecule has 1 unspecified atom stereocenters. The highest BCUT2D eigenvalue weighted by Gasteiger charge is 2.32. The molecule has 104 valence electrons. The van der Waals surface area contributed by atoms with Crippen molar-refractivity contribution in [1.29, 1.82) is 0 Å². The summed E-state index contributed by atoms with van der Waals surface area (Å²) < 4.78 is 0. The molecular weight excluding hydrogens is 268 g/mol. The van der Waals surface area contributed by atoms with Crippen molar-refractivity contribution in [1.82, 2.24) is 10.6 Å². The molecule has 1 aromatic rings. The predicted octanol–water partition coefficient (Wildman–Crippen LogP) is 0.204. The van der Waals surface area contributed by atoms with Crippen LogP contribution in [-0.4, -0.2) is 22.0 Å². The number of aliphatic hydroxyl groups is 1. The Bertz CT molecular complexity index is 639. The zero-order valence-electron chi connectivity index (χ0n) is 9.99. The van der Waals surface area contributed by atoms with Gasteiger partial charge in [0.15, 0.2) is 0 Å². The van der Waals surface area contributed by atoms with Gasteiger partial charge in [-0.15, -0.1) is 0 Å². The van der Waals surface area contributed by atoms with Crippen molar-refractivity contribution < 1.29 is 19.6 Å². The lowest BCUT2D eigenvalue weighted by molar-refractivity contribution is -0.384. The molecule has 1 aliphatic rings. The Hall–Kier alpha value is -3.10. The van der Waals surface area contributed by atoms with Gasteiger partial charge in [0, 0.05) is 12.1 Å². The Balaban J connectivity index is 2.51. The zero-order valence-corrected chi connectivity index (χ0v) is 9.99. The second kappa shape index (κ2) is 4.88. The summed E-state index contributed by atoms with van der Waals surface area (Å²) in [7, 11) is 0. The van der Waals surface area contributed by atoms with E-state index >= 15 is 0 Å². The quantitative estimate of drug-likeness (QED) is 0.460. The molecule has 0 radical (unpaired) electrons. The van der Waals surface area contributed by atoms with Gasteiger partial charge >= 0.3 is 6.03 Å². The Labute approximate surface area is 112 Å². The number of hydrogen-bond donors (Lipinski definition) is 4. The zero-order chi connectivity index (χ0) is 14.9. The van der Waals surface area contributed by atoms with E-state index in [1.807, 2.05) is 5.32 Å². The summed E-state index contributed by atoms with van der Waals surface area (Å²) in [6.07, 6.45) is 0. The Morgan fingerprint density at radius 1 is 1.45 bits per heavy atom. The van der Waals surface area contributed by atoms with Gasteiger partial charge in [-0.25, -0.2) is 4.79 Å². The molecule has 0 bridgehead atoms. The predicted molar refractivity (Wildman–Crippen MR) is 66.4 cm³/mol. The summed E-state index contributed by atoms with van der Waals surface area (Å²) in [6, 6.07) is 3.52. The third-order valence-electron chi connectivity index (χ3n) is 2.73. The standard InChI is InChI=1S/C11H10N4O5/c12-9(16)7-8(13-11(18)14-10(7)17)5-2-1-3-6(4-5)15(19)20/h1-4,8,17H,(H2,12,16)(H2,13,14,18). The summed E-state index contributed by atoms with van der Waals surface area (Å²) >= 11 is 0. The van der Waals surface area contributed by atoms with E-state index in [0.717, 1.165) is 0 Å². The largest absolute Gasteiger partial charge is 0.494 e. The van der Waals surface area contributed by atoms with Gasteiger partial charge in [-0.05, 0) is 5.56 Å². The molecule has 0 spiro atoms. The summed E-state index contributed by atoms with van der Waals surface area (Å²) in [5.74, 6) is -1.62. The van der Waals surface area contributed by atoms with Crippen LogP contribution in [0.1, 0.15) is 11.6 Å². The third-order valence-corrected chi connectivity index (χ3v) is 2.73. The fourth-order valence-electron chi connectivity index (χ4n) is 1.88. The molecule has 0 saturated carbocycles. The smallest absolute Gasteiger partial charge is 0.322 e. The van der Waals surface area contributed by atoms with Gasteiger partial charge in [0.1, 0.15) is 5.57 Å². The number of nitro benzene ring substituents is 1. The van der Waals surface area contributed by atoms with Crippen LogP contribution in [0.3, 0.4) is 0 Å². The van der Waals surface area contributed by atoms with Crippen molar-refractivity contribution in [2.45, 2.75) is 6.04 Å². The number of rotatable bonds is 3. The average molecular weight is 278 g/mol. The van der Waals surface area contributed by atoms with Crippen LogP contribution in [0.4, 0.5) is 10.5 Å². The molecule has 3 amide bonds. The first-order chi connectivity index (χ1) is 9.40. The number of nitrogens with one attached hydrogen (secondary N) is 2. The van der Waals surface area contributed by atoms with Crippen molar-refractivity contribution in [3.8, 4) is 0 Å². The number of aliphatic hydroxyl groups excluding tert-OH is 1. The first-order valence-electron chi connectivity index (χ1n) is 5.45. The van der Waals surface area contributed by atoms with Crippen LogP contribution in [0.15, 0.2) is 35.7 Å². The summed E-state index contributed by atoms with van der Waals surface area (Å²) in [5, 5.41) is 24.7. The molecule has 9 heteroatoms. The monoisotopic (exact) mass is 278 g/mol. The number of amides is 3. The molecule has 0 saturated heterocycles. The van der Waals surface area contributed by atoms with E-state index in [1.165, 1.54) is 24.3 Å². The van der Waals surface area contributed by atoms with Crippen molar-refractivity contribution in [3.05, 3.63) is 51.4 Å². The van der Waals surface area contributed by atoms with Crippen molar-refractivity contribution in [2.24, 2.45) is 5.73 Å². The van der Waals surface area contributed by atoms with E-state index in [-0.39, 0.29) is 16.8 Å². The highest BCUT2D eigenvalue weighted by Crippen LogP contribution is 2.27. The maximum atomic E-state index is 11.4. The molecule has 1 heterocycles. The van der Waals surface area contributed by atoms with Crippen LogP contribution in [0, 0.1) is 10.1 Å².